The van der Waals surface area contributed by atoms with E-state index in [2.05, 4.69) is 10.2 Å². The molecule has 1 aliphatic carbocycles. The molecule has 1 aromatic carbocycles. The monoisotopic (exact) mass is 287 g/mol. The van der Waals surface area contributed by atoms with Crippen LogP contribution in [0.4, 0.5) is 4.79 Å². The first-order valence-electron chi connectivity index (χ1n) is 8.14. The number of hydrogen-bond acceptors (Lipinski definition) is 2. The van der Waals surface area contributed by atoms with Crippen LogP contribution in [-0.4, -0.2) is 48.1 Å². The molecule has 1 heterocycles. The summed E-state index contributed by atoms with van der Waals surface area (Å²) < 4.78 is 0. The van der Waals surface area contributed by atoms with Crippen molar-refractivity contribution in [1.29, 1.82) is 0 Å². The second kappa shape index (κ2) is 6.94. The molecule has 2 aliphatic rings. The second-order valence-corrected chi connectivity index (χ2v) is 6.11. The Bertz CT molecular complexity index is 448. The van der Waals surface area contributed by atoms with Gasteiger partial charge in [0, 0.05) is 38.8 Å². The average Bonchev–Trinajstić information content (AvgIpc) is 3.08. The van der Waals surface area contributed by atoms with E-state index < -0.39 is 0 Å². The van der Waals surface area contributed by atoms with E-state index in [0.29, 0.717) is 6.54 Å². The van der Waals surface area contributed by atoms with E-state index in [1.807, 2.05) is 35.2 Å². The normalized spacial score (nSPS) is 20.7. The summed E-state index contributed by atoms with van der Waals surface area (Å²) in [4.78, 5) is 16.7. The molecule has 114 valence electrons. The van der Waals surface area contributed by atoms with Gasteiger partial charge in [0.15, 0.2) is 0 Å². The van der Waals surface area contributed by atoms with Crippen LogP contribution in [0, 0.1) is 0 Å². The molecule has 3 rings (SSSR count). The molecule has 4 heteroatoms. The van der Waals surface area contributed by atoms with Crippen LogP contribution in [0.2, 0.25) is 0 Å². The number of amides is 2. The quantitative estimate of drug-likeness (QED) is 0.927. The van der Waals surface area contributed by atoms with Crippen molar-refractivity contribution >= 4 is 6.03 Å². The van der Waals surface area contributed by atoms with Gasteiger partial charge in [-0.3, -0.25) is 4.90 Å². The zero-order chi connectivity index (χ0) is 14.5. The molecule has 2 amide bonds. The molecule has 1 aliphatic heterocycles. The highest BCUT2D eigenvalue weighted by atomic mass is 16.2. The van der Waals surface area contributed by atoms with Crippen LogP contribution >= 0.6 is 0 Å². The molecule has 1 N–H and O–H groups in total. The second-order valence-electron chi connectivity index (χ2n) is 6.11. The number of carbonyl (C=O) groups excluding carboxylic acids is 1. The van der Waals surface area contributed by atoms with Gasteiger partial charge in [0.05, 0.1) is 0 Å². The first-order valence-corrected chi connectivity index (χ1v) is 8.14. The zero-order valence-corrected chi connectivity index (χ0v) is 12.6. The maximum absolute atomic E-state index is 12.2. The van der Waals surface area contributed by atoms with Crippen LogP contribution in [0.25, 0.3) is 0 Å². The fourth-order valence-electron chi connectivity index (χ4n) is 3.44. The molecule has 4 nitrogen and oxygen atoms in total. The van der Waals surface area contributed by atoms with Gasteiger partial charge in [-0.1, -0.05) is 43.2 Å². The minimum absolute atomic E-state index is 0.0740. The highest BCUT2D eigenvalue weighted by Gasteiger charge is 2.27. The standard InChI is InChI=1S/C17H25N3O/c21-17(18-14-15-6-2-1-3-7-15)20-12-10-19(11-13-20)16-8-4-5-9-16/h1-3,6-7,16H,4-5,8-14H2,(H,18,21). The number of nitrogens with zero attached hydrogens (tertiary/aromatic N) is 2. The Morgan fingerprint density at radius 3 is 2.38 bits per heavy atom. The average molecular weight is 287 g/mol. The number of urea groups is 1. The van der Waals surface area contributed by atoms with Crippen LogP contribution in [0.15, 0.2) is 30.3 Å². The first kappa shape index (κ1) is 14.4. The third-order valence-electron chi connectivity index (χ3n) is 4.73. The van der Waals surface area contributed by atoms with Crippen molar-refractivity contribution in [2.24, 2.45) is 0 Å². The highest BCUT2D eigenvalue weighted by Crippen LogP contribution is 2.24. The lowest BCUT2D eigenvalue weighted by Gasteiger charge is -2.38. The van der Waals surface area contributed by atoms with Gasteiger partial charge in [-0.25, -0.2) is 4.79 Å². The van der Waals surface area contributed by atoms with Gasteiger partial charge in [-0.2, -0.15) is 0 Å². The Kier molecular flexibility index (Phi) is 4.76. The number of benzene rings is 1. The largest absolute Gasteiger partial charge is 0.334 e. The molecule has 1 saturated heterocycles. The summed E-state index contributed by atoms with van der Waals surface area (Å²) in [6, 6.07) is 10.9. The van der Waals surface area contributed by atoms with Crippen molar-refractivity contribution < 1.29 is 4.79 Å². The van der Waals surface area contributed by atoms with Crippen molar-refractivity contribution in [3.8, 4) is 0 Å². The molecule has 2 fully saturated rings. The van der Waals surface area contributed by atoms with Gasteiger partial charge >= 0.3 is 6.03 Å². The topological polar surface area (TPSA) is 35.6 Å². The summed E-state index contributed by atoms with van der Waals surface area (Å²) >= 11 is 0. The number of carbonyl (C=O) groups is 1. The fraction of sp³-hybridized carbons (Fsp3) is 0.588. The molecule has 0 radical (unpaired) electrons. The van der Waals surface area contributed by atoms with Crippen molar-refractivity contribution in [3.05, 3.63) is 35.9 Å². The van der Waals surface area contributed by atoms with Crippen molar-refractivity contribution in [3.63, 3.8) is 0 Å². The first-order chi connectivity index (χ1) is 10.3. The Hall–Kier alpha value is -1.55. The third-order valence-corrected chi connectivity index (χ3v) is 4.73. The van der Waals surface area contributed by atoms with E-state index in [1.54, 1.807) is 0 Å². The van der Waals surface area contributed by atoms with Gasteiger partial charge < -0.3 is 10.2 Å². The number of nitrogens with one attached hydrogen (secondary N) is 1. The van der Waals surface area contributed by atoms with Crippen molar-refractivity contribution in [2.75, 3.05) is 26.2 Å². The molecule has 0 spiro atoms. The molecule has 1 aromatic rings. The number of hydrogen-bond donors (Lipinski definition) is 1. The molecule has 0 atom stereocenters. The summed E-state index contributed by atoms with van der Waals surface area (Å²) in [5.74, 6) is 0. The minimum Gasteiger partial charge on any atom is -0.334 e. The summed E-state index contributed by atoms with van der Waals surface area (Å²) in [6.45, 7) is 4.39. The van der Waals surface area contributed by atoms with Crippen LogP contribution in [0.3, 0.4) is 0 Å². The van der Waals surface area contributed by atoms with E-state index in [4.69, 9.17) is 0 Å². The van der Waals surface area contributed by atoms with Crippen LogP contribution in [0.1, 0.15) is 31.2 Å². The van der Waals surface area contributed by atoms with Gasteiger partial charge in [-0.15, -0.1) is 0 Å². The van der Waals surface area contributed by atoms with E-state index >= 15 is 0 Å². The molecular weight excluding hydrogens is 262 g/mol. The lowest BCUT2D eigenvalue weighted by molar-refractivity contribution is 0.109. The third kappa shape index (κ3) is 3.76. The molecular formula is C17H25N3O. The minimum atomic E-state index is 0.0740. The van der Waals surface area contributed by atoms with Crippen molar-refractivity contribution in [2.45, 2.75) is 38.3 Å². The Balaban J connectivity index is 1.42. The van der Waals surface area contributed by atoms with E-state index in [0.717, 1.165) is 37.8 Å². The van der Waals surface area contributed by atoms with E-state index in [9.17, 15) is 4.79 Å². The lowest BCUT2D eigenvalue weighted by atomic mass is 10.2. The Labute approximate surface area is 127 Å². The zero-order valence-electron chi connectivity index (χ0n) is 12.6. The predicted octanol–water partition coefficient (Wildman–Crippen LogP) is 2.46. The SMILES string of the molecule is O=C(NCc1ccccc1)N1CCN(C2CCCC2)CC1. The molecule has 21 heavy (non-hydrogen) atoms. The van der Waals surface area contributed by atoms with E-state index in [1.165, 1.54) is 25.7 Å². The highest BCUT2D eigenvalue weighted by molar-refractivity contribution is 5.74. The van der Waals surface area contributed by atoms with Crippen LogP contribution in [-0.2, 0) is 6.54 Å². The van der Waals surface area contributed by atoms with Crippen LogP contribution in [0.5, 0.6) is 0 Å². The predicted molar refractivity (Wildman–Crippen MR) is 84.1 cm³/mol. The lowest BCUT2D eigenvalue weighted by Crippen LogP contribution is -2.53. The van der Waals surface area contributed by atoms with Crippen LogP contribution < -0.4 is 5.32 Å². The van der Waals surface area contributed by atoms with Gasteiger partial charge in [0.1, 0.15) is 0 Å². The maximum Gasteiger partial charge on any atom is 0.317 e. The fourth-order valence-corrected chi connectivity index (χ4v) is 3.44. The molecule has 0 unspecified atom stereocenters. The molecule has 1 saturated carbocycles. The summed E-state index contributed by atoms with van der Waals surface area (Å²) in [5, 5.41) is 3.02. The molecule has 0 bridgehead atoms. The summed E-state index contributed by atoms with van der Waals surface area (Å²) in [6.07, 6.45) is 5.45. The maximum atomic E-state index is 12.2. The Morgan fingerprint density at radius 1 is 1.05 bits per heavy atom. The van der Waals surface area contributed by atoms with E-state index in [-0.39, 0.29) is 6.03 Å². The van der Waals surface area contributed by atoms with Gasteiger partial charge in [0.25, 0.3) is 0 Å². The van der Waals surface area contributed by atoms with Gasteiger partial charge in [0.2, 0.25) is 0 Å². The smallest absolute Gasteiger partial charge is 0.317 e. The summed E-state index contributed by atoms with van der Waals surface area (Å²) in [7, 11) is 0. The molecule has 0 aromatic heterocycles. The van der Waals surface area contributed by atoms with Gasteiger partial charge in [-0.05, 0) is 18.4 Å². The number of piperazine rings is 1. The Morgan fingerprint density at radius 2 is 1.71 bits per heavy atom. The van der Waals surface area contributed by atoms with Crippen molar-refractivity contribution in [1.82, 2.24) is 15.1 Å². The summed E-state index contributed by atoms with van der Waals surface area (Å²) in [5.41, 5.74) is 1.15. The number of rotatable bonds is 3.